The zero-order chi connectivity index (χ0) is 11.1. The third-order valence-corrected chi connectivity index (χ3v) is 2.13. The summed E-state index contributed by atoms with van der Waals surface area (Å²) in [5.41, 5.74) is 6.25. The maximum Gasteiger partial charge on any atom is 0.146 e. The van der Waals surface area contributed by atoms with Crippen LogP contribution in [-0.4, -0.2) is 37.3 Å². The van der Waals surface area contributed by atoms with Crippen molar-refractivity contribution in [1.82, 2.24) is 9.97 Å². The molecule has 1 aromatic rings. The van der Waals surface area contributed by atoms with Crippen molar-refractivity contribution in [2.75, 3.05) is 32.2 Å². The minimum atomic E-state index is 0.431. The van der Waals surface area contributed by atoms with E-state index in [1.807, 2.05) is 11.9 Å². The fourth-order valence-electron chi connectivity index (χ4n) is 1.21. The van der Waals surface area contributed by atoms with E-state index in [4.69, 9.17) is 10.5 Å². The minimum Gasteiger partial charge on any atom is -0.385 e. The van der Waals surface area contributed by atoms with Crippen LogP contribution in [0.3, 0.4) is 0 Å². The van der Waals surface area contributed by atoms with Crippen molar-refractivity contribution >= 4 is 5.82 Å². The third kappa shape index (κ3) is 3.81. The van der Waals surface area contributed by atoms with Crippen LogP contribution in [0, 0.1) is 0 Å². The minimum absolute atomic E-state index is 0.431. The van der Waals surface area contributed by atoms with Crippen molar-refractivity contribution in [1.29, 1.82) is 0 Å². The lowest BCUT2D eigenvalue weighted by atomic mass is 10.4. The number of methoxy groups -OCH3 is 1. The molecule has 0 fully saturated rings. The Kier molecular flexibility index (Phi) is 5.00. The molecule has 0 spiro atoms. The van der Waals surface area contributed by atoms with E-state index < -0.39 is 0 Å². The summed E-state index contributed by atoms with van der Waals surface area (Å²) in [6.45, 7) is 2.10. The first-order valence-corrected chi connectivity index (χ1v) is 4.99. The molecule has 5 nitrogen and oxygen atoms in total. The summed E-state index contributed by atoms with van der Waals surface area (Å²) in [6.07, 6.45) is 4.43. The number of ether oxygens (including phenoxy) is 1. The van der Waals surface area contributed by atoms with Crippen molar-refractivity contribution in [3.8, 4) is 0 Å². The summed E-state index contributed by atoms with van der Waals surface area (Å²) in [6, 6.07) is 0. The van der Waals surface area contributed by atoms with Gasteiger partial charge >= 0.3 is 0 Å². The number of aromatic nitrogens is 2. The Morgan fingerprint density at radius 2 is 2.20 bits per heavy atom. The summed E-state index contributed by atoms with van der Waals surface area (Å²) in [5, 5.41) is 0. The predicted octanol–water partition coefficient (Wildman–Crippen LogP) is 0.408. The topological polar surface area (TPSA) is 64.3 Å². The molecule has 0 radical (unpaired) electrons. The molecular formula is C10H18N4O. The average molecular weight is 210 g/mol. The molecule has 0 aliphatic heterocycles. The van der Waals surface area contributed by atoms with Gasteiger partial charge in [0, 0.05) is 33.9 Å². The fourth-order valence-corrected chi connectivity index (χ4v) is 1.21. The van der Waals surface area contributed by atoms with Gasteiger partial charge in [-0.25, -0.2) is 4.98 Å². The molecule has 1 rings (SSSR count). The lowest BCUT2D eigenvalue weighted by Gasteiger charge is -2.17. The zero-order valence-corrected chi connectivity index (χ0v) is 9.31. The second-order valence-corrected chi connectivity index (χ2v) is 3.34. The lowest BCUT2D eigenvalue weighted by Crippen LogP contribution is -2.21. The molecule has 84 valence electrons. The largest absolute Gasteiger partial charge is 0.385 e. The standard InChI is InChI=1S/C10H18N4O/c1-14(4-3-5-15-2)10-8-12-9(6-11)7-13-10/h7-8H,3-6,11H2,1-2H3. The van der Waals surface area contributed by atoms with Gasteiger partial charge in [-0.15, -0.1) is 0 Å². The van der Waals surface area contributed by atoms with Crippen LogP contribution in [-0.2, 0) is 11.3 Å². The van der Waals surface area contributed by atoms with Crippen LogP contribution in [0.5, 0.6) is 0 Å². The average Bonchev–Trinajstić information content (AvgIpc) is 2.29. The van der Waals surface area contributed by atoms with Gasteiger partial charge in [-0.3, -0.25) is 4.98 Å². The number of rotatable bonds is 6. The maximum atomic E-state index is 5.44. The molecule has 0 saturated heterocycles. The Morgan fingerprint density at radius 1 is 1.40 bits per heavy atom. The number of anilines is 1. The molecule has 0 unspecified atom stereocenters. The van der Waals surface area contributed by atoms with E-state index in [1.54, 1.807) is 19.5 Å². The highest BCUT2D eigenvalue weighted by Crippen LogP contribution is 2.06. The van der Waals surface area contributed by atoms with E-state index in [-0.39, 0.29) is 0 Å². The molecule has 15 heavy (non-hydrogen) atoms. The van der Waals surface area contributed by atoms with Crippen LogP contribution in [0.25, 0.3) is 0 Å². The highest BCUT2D eigenvalue weighted by molar-refractivity contribution is 5.34. The molecule has 1 aromatic heterocycles. The Bertz CT molecular complexity index is 275. The molecule has 0 amide bonds. The Balaban J connectivity index is 2.46. The van der Waals surface area contributed by atoms with Gasteiger partial charge in [0.15, 0.2) is 0 Å². The Labute approximate surface area is 90.3 Å². The van der Waals surface area contributed by atoms with Gasteiger partial charge in [-0.05, 0) is 6.42 Å². The van der Waals surface area contributed by atoms with E-state index in [1.165, 1.54) is 0 Å². The highest BCUT2D eigenvalue weighted by atomic mass is 16.5. The Hall–Kier alpha value is -1.20. The second kappa shape index (κ2) is 6.31. The van der Waals surface area contributed by atoms with Crippen LogP contribution in [0.2, 0.25) is 0 Å². The number of hydrogen-bond acceptors (Lipinski definition) is 5. The SMILES string of the molecule is COCCCN(C)c1cnc(CN)cn1. The molecule has 0 saturated carbocycles. The summed E-state index contributed by atoms with van der Waals surface area (Å²) in [4.78, 5) is 10.5. The van der Waals surface area contributed by atoms with Crippen molar-refractivity contribution in [2.24, 2.45) is 5.73 Å². The first-order chi connectivity index (χ1) is 7.27. The maximum absolute atomic E-state index is 5.44. The normalized spacial score (nSPS) is 10.3. The molecule has 0 bridgehead atoms. The summed E-state index contributed by atoms with van der Waals surface area (Å²) in [7, 11) is 3.69. The third-order valence-electron chi connectivity index (χ3n) is 2.13. The van der Waals surface area contributed by atoms with Gasteiger partial charge in [0.05, 0.1) is 18.1 Å². The van der Waals surface area contributed by atoms with Gasteiger partial charge < -0.3 is 15.4 Å². The molecule has 0 atom stereocenters. The van der Waals surface area contributed by atoms with Crippen LogP contribution >= 0.6 is 0 Å². The molecule has 1 heterocycles. The van der Waals surface area contributed by atoms with E-state index in [0.29, 0.717) is 6.54 Å². The molecular weight excluding hydrogens is 192 g/mol. The summed E-state index contributed by atoms with van der Waals surface area (Å²) in [5.74, 6) is 0.864. The van der Waals surface area contributed by atoms with Crippen LogP contribution in [0.1, 0.15) is 12.1 Å². The first kappa shape index (κ1) is 11.9. The first-order valence-electron chi connectivity index (χ1n) is 4.99. The summed E-state index contributed by atoms with van der Waals surface area (Å²) < 4.78 is 4.99. The molecule has 0 aromatic carbocycles. The summed E-state index contributed by atoms with van der Waals surface area (Å²) >= 11 is 0. The lowest BCUT2D eigenvalue weighted by molar-refractivity contribution is 0.196. The molecule has 0 aliphatic carbocycles. The van der Waals surface area contributed by atoms with Gasteiger partial charge in [0.25, 0.3) is 0 Å². The van der Waals surface area contributed by atoms with Gasteiger partial charge in [0.2, 0.25) is 0 Å². The predicted molar refractivity (Wildman–Crippen MR) is 59.7 cm³/mol. The highest BCUT2D eigenvalue weighted by Gasteiger charge is 2.02. The Morgan fingerprint density at radius 3 is 2.73 bits per heavy atom. The van der Waals surface area contributed by atoms with Crippen LogP contribution in [0.15, 0.2) is 12.4 Å². The van der Waals surface area contributed by atoms with Crippen LogP contribution < -0.4 is 10.6 Å². The second-order valence-electron chi connectivity index (χ2n) is 3.34. The van der Waals surface area contributed by atoms with Gasteiger partial charge in [0.1, 0.15) is 5.82 Å². The van der Waals surface area contributed by atoms with E-state index in [9.17, 15) is 0 Å². The number of hydrogen-bond donors (Lipinski definition) is 1. The number of nitrogens with two attached hydrogens (primary N) is 1. The van der Waals surface area contributed by atoms with Crippen molar-refractivity contribution < 1.29 is 4.74 Å². The van der Waals surface area contributed by atoms with E-state index in [2.05, 4.69) is 9.97 Å². The van der Waals surface area contributed by atoms with E-state index >= 15 is 0 Å². The van der Waals surface area contributed by atoms with Gasteiger partial charge in [-0.2, -0.15) is 0 Å². The quantitative estimate of drug-likeness (QED) is 0.689. The zero-order valence-electron chi connectivity index (χ0n) is 9.31. The van der Waals surface area contributed by atoms with Gasteiger partial charge in [-0.1, -0.05) is 0 Å². The van der Waals surface area contributed by atoms with E-state index in [0.717, 1.165) is 31.1 Å². The number of nitrogens with zero attached hydrogens (tertiary/aromatic N) is 3. The fraction of sp³-hybridized carbons (Fsp3) is 0.600. The molecule has 0 aliphatic rings. The smallest absolute Gasteiger partial charge is 0.146 e. The van der Waals surface area contributed by atoms with Crippen molar-refractivity contribution in [3.63, 3.8) is 0 Å². The molecule has 2 N–H and O–H groups in total. The monoisotopic (exact) mass is 210 g/mol. The van der Waals surface area contributed by atoms with Crippen molar-refractivity contribution in [3.05, 3.63) is 18.1 Å². The molecule has 5 heteroatoms. The van der Waals surface area contributed by atoms with Crippen molar-refractivity contribution in [2.45, 2.75) is 13.0 Å². The van der Waals surface area contributed by atoms with Crippen LogP contribution in [0.4, 0.5) is 5.82 Å².